The van der Waals surface area contributed by atoms with E-state index in [0.717, 1.165) is 6.42 Å². The molecule has 2 atom stereocenters. The molecule has 4 N–H and O–H groups in total. The van der Waals surface area contributed by atoms with E-state index >= 15 is 0 Å². The predicted molar refractivity (Wildman–Crippen MR) is 75.6 cm³/mol. The van der Waals surface area contributed by atoms with E-state index in [1.165, 1.54) is 0 Å². The Bertz CT molecular complexity index is 336. The number of hydrogen-bond donors (Lipinski definition) is 3. The van der Waals surface area contributed by atoms with Gasteiger partial charge in [-0.25, -0.2) is 5.84 Å². The summed E-state index contributed by atoms with van der Waals surface area (Å²) in [4.78, 5) is 26.1. The van der Waals surface area contributed by atoms with E-state index < -0.39 is 12.1 Å². The van der Waals surface area contributed by atoms with Gasteiger partial charge >= 0.3 is 0 Å². The van der Waals surface area contributed by atoms with Crippen molar-refractivity contribution in [2.75, 3.05) is 19.8 Å². The maximum atomic E-state index is 12.2. The summed E-state index contributed by atoms with van der Waals surface area (Å²) in [5.74, 6) is 4.89. The minimum atomic E-state index is -0.444. The van der Waals surface area contributed by atoms with E-state index in [9.17, 15) is 9.59 Å². The highest BCUT2D eigenvalue weighted by Crippen LogP contribution is 2.16. The Labute approximate surface area is 120 Å². The van der Waals surface area contributed by atoms with Gasteiger partial charge in [-0.2, -0.15) is 0 Å². The molecule has 0 aliphatic carbocycles. The Morgan fingerprint density at radius 1 is 1.45 bits per heavy atom. The highest BCUT2D eigenvalue weighted by Gasteiger charge is 2.36. The van der Waals surface area contributed by atoms with E-state index in [1.807, 2.05) is 25.7 Å². The summed E-state index contributed by atoms with van der Waals surface area (Å²) in [7, 11) is 0. The molecular formula is C13H26N4O3. The smallest absolute Gasteiger partial charge is 0.251 e. The first-order valence-electron chi connectivity index (χ1n) is 7.15. The van der Waals surface area contributed by atoms with Gasteiger partial charge in [-0.05, 0) is 20.3 Å². The molecule has 0 saturated carbocycles. The lowest BCUT2D eigenvalue weighted by atomic mass is 10.0. The van der Waals surface area contributed by atoms with Crippen molar-refractivity contribution in [3.63, 3.8) is 0 Å². The average Bonchev–Trinajstić information content (AvgIpc) is 2.43. The third kappa shape index (κ3) is 4.43. The number of morpholine rings is 1. The zero-order chi connectivity index (χ0) is 15.1. The van der Waals surface area contributed by atoms with Crippen molar-refractivity contribution in [2.45, 2.75) is 51.7 Å². The number of nitrogens with one attached hydrogen (secondary N) is 2. The van der Waals surface area contributed by atoms with Gasteiger partial charge in [0.25, 0.3) is 5.91 Å². The van der Waals surface area contributed by atoms with Gasteiger partial charge < -0.3 is 10.1 Å². The topological polar surface area (TPSA) is 96.7 Å². The number of amides is 2. The normalized spacial score (nSPS) is 21.6. The fraction of sp³-hybridized carbons (Fsp3) is 0.846. The predicted octanol–water partition coefficient (Wildman–Crippen LogP) is -0.630. The largest absolute Gasteiger partial charge is 0.378 e. The Morgan fingerprint density at radius 3 is 2.70 bits per heavy atom. The molecule has 20 heavy (non-hydrogen) atoms. The fourth-order valence-electron chi connectivity index (χ4n) is 2.41. The Hall–Kier alpha value is -1.18. The molecule has 1 aliphatic heterocycles. The first-order chi connectivity index (χ1) is 9.51. The highest BCUT2D eigenvalue weighted by molar-refractivity contribution is 5.85. The maximum Gasteiger partial charge on any atom is 0.251 e. The quantitative estimate of drug-likeness (QED) is 0.343. The van der Waals surface area contributed by atoms with Gasteiger partial charge in [0.1, 0.15) is 6.04 Å². The molecule has 1 rings (SSSR count). The summed E-state index contributed by atoms with van der Waals surface area (Å²) in [5.41, 5.74) is 2.19. The molecule has 116 valence electrons. The van der Waals surface area contributed by atoms with Crippen LogP contribution in [0.5, 0.6) is 0 Å². The lowest BCUT2D eigenvalue weighted by Gasteiger charge is -2.39. The second kappa shape index (κ2) is 8.18. The molecule has 1 fully saturated rings. The summed E-state index contributed by atoms with van der Waals surface area (Å²) >= 11 is 0. The van der Waals surface area contributed by atoms with Crippen LogP contribution in [0.3, 0.4) is 0 Å². The first kappa shape index (κ1) is 16.9. The monoisotopic (exact) mass is 286 g/mol. The number of ether oxygens (including phenoxy) is 1. The van der Waals surface area contributed by atoms with Crippen molar-refractivity contribution < 1.29 is 14.3 Å². The van der Waals surface area contributed by atoms with Gasteiger partial charge in [-0.1, -0.05) is 13.3 Å². The van der Waals surface area contributed by atoms with Crippen LogP contribution in [-0.4, -0.2) is 54.6 Å². The van der Waals surface area contributed by atoms with Crippen molar-refractivity contribution in [1.82, 2.24) is 15.6 Å². The van der Waals surface area contributed by atoms with E-state index in [1.54, 1.807) is 0 Å². The van der Waals surface area contributed by atoms with Gasteiger partial charge in [0.2, 0.25) is 5.91 Å². The molecule has 1 saturated heterocycles. The van der Waals surface area contributed by atoms with Crippen LogP contribution in [0.4, 0.5) is 0 Å². The molecule has 1 aliphatic rings. The lowest BCUT2D eigenvalue weighted by Crippen LogP contribution is -2.61. The Morgan fingerprint density at radius 2 is 2.15 bits per heavy atom. The number of hydrazine groups is 1. The zero-order valence-corrected chi connectivity index (χ0v) is 12.5. The SMILES string of the molecule is CCCC(C(=O)NN)N1CCOCC1C(=O)NC(C)C. The minimum absolute atomic E-state index is 0.0548. The van der Waals surface area contributed by atoms with Crippen molar-refractivity contribution in [1.29, 1.82) is 0 Å². The van der Waals surface area contributed by atoms with Crippen LogP contribution >= 0.6 is 0 Å². The average molecular weight is 286 g/mol. The fourth-order valence-corrected chi connectivity index (χ4v) is 2.41. The number of carbonyl (C=O) groups is 2. The van der Waals surface area contributed by atoms with Crippen LogP contribution in [0.2, 0.25) is 0 Å². The summed E-state index contributed by atoms with van der Waals surface area (Å²) in [6, 6.07) is -0.781. The van der Waals surface area contributed by atoms with E-state index in [0.29, 0.717) is 26.2 Å². The van der Waals surface area contributed by atoms with Gasteiger partial charge in [0.05, 0.1) is 19.3 Å². The standard InChI is InChI=1S/C13H26N4O3/c1-4-5-10(13(19)16-14)17-6-7-20-8-11(17)12(18)15-9(2)3/h9-11H,4-8,14H2,1-3H3,(H,15,18)(H,16,19). The van der Waals surface area contributed by atoms with Crippen molar-refractivity contribution in [3.8, 4) is 0 Å². The summed E-state index contributed by atoms with van der Waals surface area (Å²) in [5, 5.41) is 2.87. The van der Waals surface area contributed by atoms with E-state index in [-0.39, 0.29) is 17.9 Å². The molecule has 7 nitrogen and oxygen atoms in total. The minimum Gasteiger partial charge on any atom is -0.378 e. The third-order valence-corrected chi connectivity index (χ3v) is 3.31. The molecule has 2 unspecified atom stereocenters. The van der Waals surface area contributed by atoms with Gasteiger partial charge in [0, 0.05) is 12.6 Å². The highest BCUT2D eigenvalue weighted by atomic mass is 16.5. The second-order valence-corrected chi connectivity index (χ2v) is 5.30. The first-order valence-corrected chi connectivity index (χ1v) is 7.15. The molecule has 1 heterocycles. The Balaban J connectivity index is 2.84. The Kier molecular flexibility index (Phi) is 6.90. The van der Waals surface area contributed by atoms with Crippen LogP contribution in [0.1, 0.15) is 33.6 Å². The van der Waals surface area contributed by atoms with Crippen molar-refractivity contribution in [3.05, 3.63) is 0 Å². The molecule has 7 heteroatoms. The van der Waals surface area contributed by atoms with Crippen LogP contribution in [0.25, 0.3) is 0 Å². The zero-order valence-electron chi connectivity index (χ0n) is 12.5. The van der Waals surface area contributed by atoms with Crippen LogP contribution in [0.15, 0.2) is 0 Å². The number of hydrogen-bond acceptors (Lipinski definition) is 5. The number of nitrogens with zero attached hydrogens (tertiary/aromatic N) is 1. The van der Waals surface area contributed by atoms with Gasteiger partial charge in [-0.15, -0.1) is 0 Å². The molecular weight excluding hydrogens is 260 g/mol. The van der Waals surface area contributed by atoms with Gasteiger partial charge in [0.15, 0.2) is 0 Å². The molecule has 0 aromatic rings. The molecule has 0 aromatic heterocycles. The van der Waals surface area contributed by atoms with Crippen molar-refractivity contribution in [2.24, 2.45) is 5.84 Å². The molecule has 0 radical (unpaired) electrons. The van der Waals surface area contributed by atoms with Crippen molar-refractivity contribution >= 4 is 11.8 Å². The van der Waals surface area contributed by atoms with Crippen LogP contribution in [-0.2, 0) is 14.3 Å². The molecule has 0 aromatic carbocycles. The molecule has 2 amide bonds. The molecule has 0 bridgehead atoms. The summed E-state index contributed by atoms with van der Waals surface area (Å²) < 4.78 is 5.39. The third-order valence-electron chi connectivity index (χ3n) is 3.31. The number of rotatable bonds is 6. The maximum absolute atomic E-state index is 12.2. The van der Waals surface area contributed by atoms with E-state index in [4.69, 9.17) is 10.6 Å². The van der Waals surface area contributed by atoms with Gasteiger partial charge in [-0.3, -0.25) is 19.9 Å². The molecule has 0 spiro atoms. The van der Waals surface area contributed by atoms with E-state index in [2.05, 4.69) is 10.7 Å². The number of nitrogens with two attached hydrogens (primary N) is 1. The summed E-state index contributed by atoms with van der Waals surface area (Å²) in [6.45, 7) is 7.18. The number of carbonyl (C=O) groups excluding carboxylic acids is 2. The van der Waals surface area contributed by atoms with Crippen LogP contribution in [0, 0.1) is 0 Å². The second-order valence-electron chi connectivity index (χ2n) is 5.30. The lowest BCUT2D eigenvalue weighted by molar-refractivity contribution is -0.140. The summed E-state index contributed by atoms with van der Waals surface area (Å²) in [6.07, 6.45) is 1.50. The van der Waals surface area contributed by atoms with Crippen LogP contribution < -0.4 is 16.6 Å².